The number of amides is 1. The molecule has 2 aromatic carbocycles. The largest absolute Gasteiger partial charge is 0.341 e. The molecule has 0 atom stereocenters. The normalized spacial score (nSPS) is 10.7. The summed E-state index contributed by atoms with van der Waals surface area (Å²) >= 11 is 0. The second-order valence-electron chi connectivity index (χ2n) is 6.94. The summed E-state index contributed by atoms with van der Waals surface area (Å²) < 4.78 is 1.90. The zero-order chi connectivity index (χ0) is 20.1. The molecular weight excluding hydrogens is 350 g/mol. The summed E-state index contributed by atoms with van der Waals surface area (Å²) in [5.74, 6) is -0.0536. The van der Waals surface area contributed by atoms with E-state index >= 15 is 0 Å². The highest BCUT2D eigenvalue weighted by Gasteiger charge is 2.18. The third-order valence-electron chi connectivity index (χ3n) is 4.92. The third kappa shape index (κ3) is 4.36. The molecule has 0 spiro atoms. The van der Waals surface area contributed by atoms with E-state index in [2.05, 4.69) is 5.10 Å². The van der Waals surface area contributed by atoms with Gasteiger partial charge in [-0.25, -0.2) is 4.68 Å². The molecule has 0 aliphatic rings. The van der Waals surface area contributed by atoms with Gasteiger partial charge >= 0.3 is 0 Å². The van der Waals surface area contributed by atoms with Crippen LogP contribution in [-0.4, -0.2) is 33.4 Å². The summed E-state index contributed by atoms with van der Waals surface area (Å²) in [6, 6.07) is 19.0. The lowest BCUT2D eigenvalue weighted by molar-refractivity contribution is -0.130. The minimum Gasteiger partial charge on any atom is -0.341 e. The molecule has 5 heteroatoms. The Hall–Kier alpha value is -3.21. The Labute approximate surface area is 165 Å². The van der Waals surface area contributed by atoms with E-state index in [0.29, 0.717) is 12.1 Å². The molecule has 0 bridgehead atoms. The highest BCUT2D eigenvalue weighted by Crippen LogP contribution is 2.19. The Bertz CT molecular complexity index is 962. The topological polar surface area (TPSA) is 55.2 Å². The van der Waals surface area contributed by atoms with Crippen molar-refractivity contribution in [2.24, 2.45) is 0 Å². The first-order chi connectivity index (χ1) is 13.5. The minimum atomic E-state index is -0.0458. The maximum atomic E-state index is 12.5. The van der Waals surface area contributed by atoms with Crippen molar-refractivity contribution in [3.63, 3.8) is 0 Å². The van der Waals surface area contributed by atoms with Gasteiger partial charge in [0.25, 0.3) is 0 Å². The first-order valence-electron chi connectivity index (χ1n) is 9.40. The van der Waals surface area contributed by atoms with Gasteiger partial charge in [-0.05, 0) is 26.0 Å². The number of rotatable bonds is 7. The number of benzene rings is 2. The lowest BCUT2D eigenvalue weighted by Crippen LogP contribution is -2.27. The molecule has 28 heavy (non-hydrogen) atoms. The van der Waals surface area contributed by atoms with Crippen LogP contribution >= 0.6 is 0 Å². The summed E-state index contributed by atoms with van der Waals surface area (Å²) in [5.41, 5.74) is 4.60. The first-order valence-corrected chi connectivity index (χ1v) is 9.40. The molecule has 1 aromatic heterocycles. The number of aromatic nitrogens is 2. The van der Waals surface area contributed by atoms with Gasteiger partial charge in [-0.3, -0.25) is 9.59 Å². The second kappa shape index (κ2) is 8.65. The summed E-state index contributed by atoms with van der Waals surface area (Å²) in [6.45, 7) is 4.45. The fraction of sp³-hybridized carbons (Fsp3) is 0.261. The van der Waals surface area contributed by atoms with Crippen LogP contribution in [0.1, 0.15) is 40.2 Å². The molecule has 0 saturated carbocycles. The van der Waals surface area contributed by atoms with Crippen molar-refractivity contribution in [1.29, 1.82) is 0 Å². The Morgan fingerprint density at radius 3 is 2.18 bits per heavy atom. The zero-order valence-corrected chi connectivity index (χ0v) is 16.6. The maximum Gasteiger partial charge on any atom is 0.223 e. The van der Waals surface area contributed by atoms with Crippen LogP contribution in [0.3, 0.4) is 0 Å². The number of nitrogens with zero attached hydrogens (tertiary/aromatic N) is 3. The molecule has 1 amide bonds. The van der Waals surface area contributed by atoms with E-state index in [9.17, 15) is 9.59 Å². The summed E-state index contributed by atoms with van der Waals surface area (Å²) in [4.78, 5) is 26.4. The minimum absolute atomic E-state index is 0.00777. The fourth-order valence-electron chi connectivity index (χ4n) is 3.23. The van der Waals surface area contributed by atoms with Crippen molar-refractivity contribution in [2.75, 3.05) is 7.05 Å². The Kier molecular flexibility index (Phi) is 6.04. The standard InChI is InChI=1S/C23H25N3O2/c1-17-21(18(2)26(24-17)20-12-8-5-9-13-20)16-25(3)23(28)15-14-22(27)19-10-6-4-7-11-19/h4-13H,14-16H2,1-3H3. The van der Waals surface area contributed by atoms with Gasteiger partial charge in [-0.2, -0.15) is 5.10 Å². The van der Waals surface area contributed by atoms with Crippen molar-refractivity contribution in [1.82, 2.24) is 14.7 Å². The zero-order valence-electron chi connectivity index (χ0n) is 16.6. The van der Waals surface area contributed by atoms with Gasteiger partial charge in [-0.15, -0.1) is 0 Å². The summed E-state index contributed by atoms with van der Waals surface area (Å²) in [6.07, 6.45) is 0.420. The number of para-hydroxylation sites is 1. The lowest BCUT2D eigenvalue weighted by Gasteiger charge is -2.17. The van der Waals surface area contributed by atoms with Crippen molar-refractivity contribution in [2.45, 2.75) is 33.2 Å². The molecule has 0 aliphatic carbocycles. The number of aryl methyl sites for hydroxylation is 1. The lowest BCUT2D eigenvalue weighted by atomic mass is 10.1. The van der Waals surface area contributed by atoms with Crippen LogP contribution in [0.15, 0.2) is 60.7 Å². The van der Waals surface area contributed by atoms with Crippen LogP contribution in [0, 0.1) is 13.8 Å². The Morgan fingerprint density at radius 1 is 0.929 bits per heavy atom. The molecule has 0 radical (unpaired) electrons. The highest BCUT2D eigenvalue weighted by molar-refractivity contribution is 5.97. The van der Waals surface area contributed by atoms with Crippen molar-refractivity contribution >= 4 is 11.7 Å². The van der Waals surface area contributed by atoms with Crippen LogP contribution in [0.4, 0.5) is 0 Å². The fourth-order valence-corrected chi connectivity index (χ4v) is 3.23. The number of Topliss-reactive ketones (excluding diaryl/α,β-unsaturated/α-hetero) is 1. The van der Waals surface area contributed by atoms with E-state index in [4.69, 9.17) is 0 Å². The van der Waals surface area contributed by atoms with Crippen molar-refractivity contribution < 1.29 is 9.59 Å². The number of hydrogen-bond donors (Lipinski definition) is 0. The van der Waals surface area contributed by atoms with Gasteiger partial charge in [0.05, 0.1) is 11.4 Å². The van der Waals surface area contributed by atoms with E-state index in [0.717, 1.165) is 22.6 Å². The SMILES string of the molecule is Cc1nn(-c2ccccc2)c(C)c1CN(C)C(=O)CCC(=O)c1ccccc1. The molecule has 0 fully saturated rings. The summed E-state index contributed by atoms with van der Waals surface area (Å²) in [5, 5.41) is 4.63. The molecule has 0 unspecified atom stereocenters. The predicted octanol–water partition coefficient (Wildman–Crippen LogP) is 4.11. The Balaban J connectivity index is 1.64. The van der Waals surface area contributed by atoms with E-state index in [1.54, 1.807) is 24.1 Å². The number of ketones is 1. The molecule has 3 aromatic rings. The first kappa shape index (κ1) is 19.5. The average Bonchev–Trinajstić information content (AvgIpc) is 3.01. The van der Waals surface area contributed by atoms with Gasteiger partial charge in [0.2, 0.25) is 5.91 Å². The predicted molar refractivity (Wildman–Crippen MR) is 110 cm³/mol. The van der Waals surface area contributed by atoms with E-state index in [-0.39, 0.29) is 24.5 Å². The number of carbonyl (C=O) groups excluding carboxylic acids is 2. The van der Waals surface area contributed by atoms with Gasteiger partial charge in [0.15, 0.2) is 5.78 Å². The number of hydrogen-bond acceptors (Lipinski definition) is 3. The van der Waals surface area contributed by atoms with Crippen LogP contribution in [0.5, 0.6) is 0 Å². The maximum absolute atomic E-state index is 12.5. The second-order valence-corrected chi connectivity index (χ2v) is 6.94. The van der Waals surface area contributed by atoms with Crippen LogP contribution in [-0.2, 0) is 11.3 Å². The molecule has 0 N–H and O–H groups in total. The average molecular weight is 375 g/mol. The third-order valence-corrected chi connectivity index (χ3v) is 4.92. The monoisotopic (exact) mass is 375 g/mol. The molecular formula is C23H25N3O2. The van der Waals surface area contributed by atoms with Crippen LogP contribution in [0.25, 0.3) is 5.69 Å². The molecule has 3 rings (SSSR count). The van der Waals surface area contributed by atoms with Gasteiger partial charge in [0, 0.05) is 43.3 Å². The van der Waals surface area contributed by atoms with E-state index in [1.807, 2.05) is 67.1 Å². The van der Waals surface area contributed by atoms with Crippen molar-refractivity contribution in [3.05, 3.63) is 83.2 Å². The Morgan fingerprint density at radius 2 is 1.54 bits per heavy atom. The molecule has 144 valence electrons. The molecule has 0 saturated heterocycles. The highest BCUT2D eigenvalue weighted by atomic mass is 16.2. The quantitative estimate of drug-likeness (QED) is 0.584. The number of carbonyl (C=O) groups is 2. The molecule has 0 aliphatic heterocycles. The van der Waals surface area contributed by atoms with Gasteiger partial charge in [-0.1, -0.05) is 48.5 Å². The van der Waals surface area contributed by atoms with Crippen molar-refractivity contribution in [3.8, 4) is 5.69 Å². The van der Waals surface area contributed by atoms with Crippen LogP contribution in [0.2, 0.25) is 0 Å². The van der Waals surface area contributed by atoms with E-state index in [1.165, 1.54) is 0 Å². The van der Waals surface area contributed by atoms with E-state index < -0.39 is 0 Å². The van der Waals surface area contributed by atoms with Gasteiger partial charge in [0.1, 0.15) is 0 Å². The molecule has 5 nitrogen and oxygen atoms in total. The smallest absolute Gasteiger partial charge is 0.223 e. The van der Waals surface area contributed by atoms with Gasteiger partial charge < -0.3 is 4.90 Å². The summed E-state index contributed by atoms with van der Waals surface area (Å²) in [7, 11) is 1.77. The molecule has 1 heterocycles. The van der Waals surface area contributed by atoms with Crippen LogP contribution < -0.4 is 0 Å².